The van der Waals surface area contributed by atoms with E-state index >= 15 is 0 Å². The number of aromatic nitrogens is 2. The standard InChI is InChI=1S/C84H108N2O/c1-5-9-13-17-21-25-29-39-57-83(58-40-30-26-22-18-14-10-6-2)77-61-67(65-43-35-33-36-44-65)47-51-73(77)74-52-48-68(62-78(74)83)69-49-53-75-76-54-50-70(72-56-55-71(66-45-37-34-38-46-66)81-82(72)86-87-85-81)64-80(76)84(79(75)63-69,59-41-31-27-23-19-15-11-7-3)60-42-32-28-24-20-16-12-8-4/h33-38,43-56,61-64H,5-32,39-42,57-60H2,1-4H3. The van der Waals surface area contributed by atoms with Gasteiger partial charge in [0.15, 0.2) is 0 Å². The molecule has 0 bridgehead atoms. The minimum atomic E-state index is -0.107. The average molecular weight is 1160 g/mol. The number of hydrogen-bond donors (Lipinski definition) is 0. The molecule has 2 aliphatic rings. The van der Waals surface area contributed by atoms with Crippen molar-refractivity contribution in [2.24, 2.45) is 0 Å². The van der Waals surface area contributed by atoms with Crippen LogP contribution in [0.5, 0.6) is 0 Å². The first-order valence-electron chi connectivity index (χ1n) is 36.0. The fourth-order valence-electron chi connectivity index (χ4n) is 15.8. The third kappa shape index (κ3) is 15.5. The molecule has 0 fully saturated rings. The van der Waals surface area contributed by atoms with Crippen molar-refractivity contribution < 1.29 is 4.63 Å². The van der Waals surface area contributed by atoms with Crippen molar-refractivity contribution in [1.29, 1.82) is 0 Å². The van der Waals surface area contributed by atoms with Gasteiger partial charge in [0, 0.05) is 22.0 Å². The summed E-state index contributed by atoms with van der Waals surface area (Å²) in [6.45, 7) is 9.34. The van der Waals surface area contributed by atoms with Crippen LogP contribution in [0.4, 0.5) is 0 Å². The molecule has 1 heterocycles. The Morgan fingerprint density at radius 1 is 0.241 bits per heavy atom. The van der Waals surface area contributed by atoms with Gasteiger partial charge in [-0.05, 0) is 138 Å². The van der Waals surface area contributed by atoms with Crippen LogP contribution in [0.3, 0.4) is 0 Å². The van der Waals surface area contributed by atoms with Gasteiger partial charge >= 0.3 is 0 Å². The zero-order valence-electron chi connectivity index (χ0n) is 54.6. The van der Waals surface area contributed by atoms with E-state index in [1.54, 1.807) is 16.7 Å². The van der Waals surface area contributed by atoms with E-state index in [4.69, 9.17) is 4.63 Å². The maximum absolute atomic E-state index is 5.61. The second kappa shape index (κ2) is 33.0. The van der Waals surface area contributed by atoms with Crippen LogP contribution in [-0.2, 0) is 10.8 Å². The predicted octanol–water partition coefficient (Wildman–Crippen LogP) is 26.5. The molecular formula is C84H108N2O. The van der Waals surface area contributed by atoms with E-state index in [0.29, 0.717) is 0 Å². The lowest BCUT2D eigenvalue weighted by Gasteiger charge is -2.34. The first-order valence-corrected chi connectivity index (χ1v) is 36.0. The summed E-state index contributed by atoms with van der Waals surface area (Å²) in [5.41, 5.74) is 23.5. The fourth-order valence-corrected chi connectivity index (χ4v) is 15.8. The van der Waals surface area contributed by atoms with E-state index in [0.717, 1.165) is 27.7 Å². The molecule has 87 heavy (non-hydrogen) atoms. The first kappa shape index (κ1) is 63.9. The number of fused-ring (bicyclic) bond motifs is 7. The highest BCUT2D eigenvalue weighted by molar-refractivity contribution is 6.01. The van der Waals surface area contributed by atoms with Crippen LogP contribution in [0.1, 0.15) is 281 Å². The summed E-state index contributed by atoms with van der Waals surface area (Å²) in [6.07, 6.45) is 47.5. The smallest absolute Gasteiger partial charge is 0.143 e. The van der Waals surface area contributed by atoms with Gasteiger partial charge in [-0.25, -0.2) is 4.63 Å². The number of nitrogens with zero attached hydrogens (tertiary/aromatic N) is 2. The molecule has 0 unspecified atom stereocenters. The quantitative estimate of drug-likeness (QED) is 0.0359. The van der Waals surface area contributed by atoms with Crippen molar-refractivity contribution in [3.63, 3.8) is 0 Å². The van der Waals surface area contributed by atoms with Crippen molar-refractivity contribution in [2.75, 3.05) is 0 Å². The highest BCUT2D eigenvalue weighted by Gasteiger charge is 2.45. The van der Waals surface area contributed by atoms with E-state index in [1.807, 2.05) is 0 Å². The number of rotatable bonds is 40. The molecule has 7 aromatic carbocycles. The monoisotopic (exact) mass is 1160 g/mol. The van der Waals surface area contributed by atoms with Crippen molar-refractivity contribution in [3.8, 4) is 66.8 Å². The van der Waals surface area contributed by atoms with Crippen molar-refractivity contribution >= 4 is 11.0 Å². The molecule has 460 valence electrons. The van der Waals surface area contributed by atoms with Crippen LogP contribution in [0.25, 0.3) is 77.8 Å². The molecular weight excluding hydrogens is 1050 g/mol. The first-order chi connectivity index (χ1) is 43.0. The second-order valence-electron chi connectivity index (χ2n) is 27.0. The van der Waals surface area contributed by atoms with Gasteiger partial charge in [0.05, 0.1) is 0 Å². The SMILES string of the molecule is CCCCCCCCCCC1(CCCCCCCCCC)c2cc(-c3ccccc3)ccc2-c2ccc(-c3ccc4c(c3)C(CCCCCCCCCC)(CCCCCCCCCC)c3cc(-c5ccc(-c6ccccc6)c6nonc56)ccc3-4)cc21. The van der Waals surface area contributed by atoms with E-state index in [9.17, 15) is 0 Å². The lowest BCUT2D eigenvalue weighted by molar-refractivity contribution is 0.315. The molecule has 0 amide bonds. The summed E-state index contributed by atoms with van der Waals surface area (Å²) >= 11 is 0. The third-order valence-corrected chi connectivity index (χ3v) is 20.8. The predicted molar refractivity (Wildman–Crippen MR) is 375 cm³/mol. The fraction of sp³-hybridized carbons (Fsp3) is 0.500. The summed E-state index contributed by atoms with van der Waals surface area (Å²) in [6, 6.07) is 56.9. The van der Waals surface area contributed by atoms with Crippen molar-refractivity contribution in [2.45, 2.75) is 270 Å². The van der Waals surface area contributed by atoms with Crippen LogP contribution in [0, 0.1) is 0 Å². The Hall–Kier alpha value is -6.06. The molecule has 0 radical (unpaired) electrons. The summed E-state index contributed by atoms with van der Waals surface area (Å²) in [5, 5.41) is 9.20. The Morgan fingerprint density at radius 3 is 0.828 bits per heavy atom. The lowest BCUT2D eigenvalue weighted by atomic mass is 9.69. The van der Waals surface area contributed by atoms with Gasteiger partial charge in [-0.2, -0.15) is 0 Å². The minimum Gasteiger partial charge on any atom is -0.243 e. The molecule has 0 saturated carbocycles. The van der Waals surface area contributed by atoms with Crippen LogP contribution >= 0.6 is 0 Å². The Bertz CT molecular complexity index is 3300. The summed E-state index contributed by atoms with van der Waals surface area (Å²) < 4.78 is 5.61. The summed E-state index contributed by atoms with van der Waals surface area (Å²) in [4.78, 5) is 0. The molecule has 3 nitrogen and oxygen atoms in total. The molecule has 0 atom stereocenters. The van der Waals surface area contributed by atoms with Crippen molar-refractivity contribution in [1.82, 2.24) is 10.3 Å². The van der Waals surface area contributed by atoms with E-state index in [1.165, 1.54) is 287 Å². The summed E-state index contributed by atoms with van der Waals surface area (Å²) in [7, 11) is 0. The van der Waals surface area contributed by atoms with Gasteiger partial charge in [-0.3, -0.25) is 0 Å². The zero-order chi connectivity index (χ0) is 59.9. The Labute approximate surface area is 527 Å². The molecule has 1 aromatic heterocycles. The molecule has 10 rings (SSSR count). The second-order valence-corrected chi connectivity index (χ2v) is 27.0. The Kier molecular flexibility index (Phi) is 24.2. The maximum Gasteiger partial charge on any atom is 0.143 e. The maximum atomic E-state index is 5.61. The largest absolute Gasteiger partial charge is 0.243 e. The van der Waals surface area contributed by atoms with Crippen molar-refractivity contribution in [3.05, 3.63) is 168 Å². The normalized spacial score (nSPS) is 13.5. The highest BCUT2D eigenvalue weighted by Crippen LogP contribution is 2.58. The zero-order valence-corrected chi connectivity index (χ0v) is 54.6. The van der Waals surface area contributed by atoms with E-state index in [-0.39, 0.29) is 10.8 Å². The van der Waals surface area contributed by atoms with Crippen LogP contribution in [0.2, 0.25) is 0 Å². The lowest BCUT2D eigenvalue weighted by Crippen LogP contribution is -2.26. The van der Waals surface area contributed by atoms with Gasteiger partial charge in [-0.1, -0.05) is 354 Å². The minimum absolute atomic E-state index is 0.0276. The van der Waals surface area contributed by atoms with E-state index in [2.05, 4.69) is 184 Å². The third-order valence-electron chi connectivity index (χ3n) is 20.8. The summed E-state index contributed by atoms with van der Waals surface area (Å²) in [5.74, 6) is 0. The van der Waals surface area contributed by atoms with Gasteiger partial charge in [0.2, 0.25) is 0 Å². The molecule has 0 N–H and O–H groups in total. The molecule has 3 heteroatoms. The topological polar surface area (TPSA) is 38.9 Å². The number of hydrogen-bond acceptors (Lipinski definition) is 3. The van der Waals surface area contributed by atoms with Crippen LogP contribution in [0.15, 0.2) is 150 Å². The number of benzene rings is 7. The van der Waals surface area contributed by atoms with Gasteiger partial charge in [-0.15, -0.1) is 0 Å². The Balaban J connectivity index is 1.05. The highest BCUT2D eigenvalue weighted by atomic mass is 16.6. The average Bonchev–Trinajstić information content (AvgIpc) is 1.62. The van der Waals surface area contributed by atoms with Gasteiger partial charge in [0.1, 0.15) is 11.0 Å². The van der Waals surface area contributed by atoms with Gasteiger partial charge in [0.25, 0.3) is 0 Å². The van der Waals surface area contributed by atoms with Crippen LogP contribution in [-0.4, -0.2) is 10.3 Å². The molecule has 2 aliphatic carbocycles. The molecule has 0 aliphatic heterocycles. The van der Waals surface area contributed by atoms with E-state index < -0.39 is 0 Å². The van der Waals surface area contributed by atoms with Gasteiger partial charge < -0.3 is 0 Å². The molecule has 0 spiro atoms. The Morgan fingerprint density at radius 2 is 0.494 bits per heavy atom. The molecule has 0 saturated heterocycles. The molecule has 8 aromatic rings. The number of unbranched alkanes of at least 4 members (excludes halogenated alkanes) is 28. The van der Waals surface area contributed by atoms with Crippen LogP contribution < -0.4 is 0 Å².